The van der Waals surface area contributed by atoms with Crippen LogP contribution in [0.25, 0.3) is 0 Å². The number of halogens is 2. The predicted octanol–water partition coefficient (Wildman–Crippen LogP) is 5.76. The Kier molecular flexibility index (Phi) is 4.97. The number of carbonyl (C=O) groups is 1. The molecule has 0 amide bonds. The van der Waals surface area contributed by atoms with Crippen molar-refractivity contribution in [1.29, 1.82) is 0 Å². The second kappa shape index (κ2) is 7.55. The summed E-state index contributed by atoms with van der Waals surface area (Å²) in [4.78, 5) is 17.9. The van der Waals surface area contributed by atoms with Gasteiger partial charge in [0.25, 0.3) is 0 Å². The minimum atomic E-state index is -0.790. The van der Waals surface area contributed by atoms with E-state index in [1.807, 2.05) is 42.5 Å². The number of ether oxygens (including phenoxy) is 1. The highest BCUT2D eigenvalue weighted by molar-refractivity contribution is 6.34. The van der Waals surface area contributed by atoms with Gasteiger partial charge in [0, 0.05) is 16.1 Å². The molecule has 3 aromatic rings. The summed E-state index contributed by atoms with van der Waals surface area (Å²) in [7, 11) is 0. The molecule has 0 N–H and O–H groups in total. The number of hydrogen-bond donors (Lipinski definition) is 0. The van der Waals surface area contributed by atoms with E-state index in [2.05, 4.69) is 0 Å². The van der Waals surface area contributed by atoms with Crippen molar-refractivity contribution in [2.45, 2.75) is 12.1 Å². The Morgan fingerprint density at radius 3 is 2.22 bits per heavy atom. The SMILES string of the molecule is O=C(c1ccccc1Cl)[C@H]1OC(c2ccccc2)=N[C@@H]1c1ccc(Cl)cc1. The molecule has 0 spiro atoms. The summed E-state index contributed by atoms with van der Waals surface area (Å²) in [6, 6.07) is 23.3. The van der Waals surface area contributed by atoms with Gasteiger partial charge in [-0.1, -0.05) is 65.7 Å². The molecule has 0 bridgehead atoms. The van der Waals surface area contributed by atoms with Gasteiger partial charge >= 0.3 is 0 Å². The lowest BCUT2D eigenvalue weighted by atomic mass is 9.96. The Labute approximate surface area is 167 Å². The topological polar surface area (TPSA) is 38.7 Å². The first-order valence-corrected chi connectivity index (χ1v) is 9.23. The van der Waals surface area contributed by atoms with Gasteiger partial charge in [-0.15, -0.1) is 0 Å². The van der Waals surface area contributed by atoms with Crippen LogP contribution in [0.3, 0.4) is 0 Å². The van der Waals surface area contributed by atoms with Crippen molar-refractivity contribution in [3.63, 3.8) is 0 Å². The van der Waals surface area contributed by atoms with Crippen LogP contribution < -0.4 is 0 Å². The van der Waals surface area contributed by atoms with Crippen molar-refractivity contribution >= 4 is 34.9 Å². The molecule has 0 aromatic heterocycles. The fourth-order valence-electron chi connectivity index (χ4n) is 3.05. The molecular formula is C22H15Cl2NO2. The Balaban J connectivity index is 1.74. The Morgan fingerprint density at radius 2 is 1.52 bits per heavy atom. The molecule has 5 heteroatoms. The molecule has 4 rings (SSSR count). The van der Waals surface area contributed by atoms with Crippen molar-refractivity contribution < 1.29 is 9.53 Å². The van der Waals surface area contributed by atoms with Gasteiger partial charge in [0.2, 0.25) is 11.7 Å². The molecule has 0 fully saturated rings. The highest BCUT2D eigenvalue weighted by Crippen LogP contribution is 2.34. The van der Waals surface area contributed by atoms with Gasteiger partial charge in [-0.05, 0) is 42.0 Å². The number of rotatable bonds is 4. The zero-order chi connectivity index (χ0) is 18.8. The van der Waals surface area contributed by atoms with Crippen LogP contribution in [0.1, 0.15) is 27.5 Å². The van der Waals surface area contributed by atoms with E-state index in [0.29, 0.717) is 21.5 Å². The molecule has 0 saturated heterocycles. The average Bonchev–Trinajstić information content (AvgIpc) is 3.14. The number of aliphatic imine (C=N–C) groups is 1. The zero-order valence-electron chi connectivity index (χ0n) is 14.2. The second-order valence-corrected chi connectivity index (χ2v) is 7.02. The van der Waals surface area contributed by atoms with Crippen molar-refractivity contribution in [3.8, 4) is 0 Å². The molecule has 1 aliphatic heterocycles. The molecule has 0 aliphatic carbocycles. The molecule has 2 atom stereocenters. The van der Waals surface area contributed by atoms with E-state index in [1.54, 1.807) is 36.4 Å². The third kappa shape index (κ3) is 3.61. The van der Waals surface area contributed by atoms with Crippen molar-refractivity contribution in [1.82, 2.24) is 0 Å². The van der Waals surface area contributed by atoms with Gasteiger partial charge in [0.05, 0.1) is 5.02 Å². The molecule has 27 heavy (non-hydrogen) atoms. The molecule has 0 radical (unpaired) electrons. The lowest BCUT2D eigenvalue weighted by molar-refractivity contribution is 0.0775. The Hall–Kier alpha value is -2.62. The maximum atomic E-state index is 13.2. The average molecular weight is 396 g/mol. The summed E-state index contributed by atoms with van der Waals surface area (Å²) in [5.41, 5.74) is 2.11. The first-order chi connectivity index (χ1) is 13.1. The summed E-state index contributed by atoms with van der Waals surface area (Å²) < 4.78 is 6.02. The van der Waals surface area contributed by atoms with Gasteiger partial charge in [0.1, 0.15) is 6.04 Å². The minimum Gasteiger partial charge on any atom is -0.463 e. The van der Waals surface area contributed by atoms with E-state index in [9.17, 15) is 4.79 Å². The van der Waals surface area contributed by atoms with Crippen LogP contribution in [0, 0.1) is 0 Å². The van der Waals surface area contributed by atoms with Crippen LogP contribution in [-0.2, 0) is 4.74 Å². The predicted molar refractivity (Wildman–Crippen MR) is 108 cm³/mol. The van der Waals surface area contributed by atoms with Gasteiger partial charge < -0.3 is 4.74 Å². The fraction of sp³-hybridized carbons (Fsp3) is 0.0909. The highest BCUT2D eigenvalue weighted by Gasteiger charge is 2.39. The third-order valence-corrected chi connectivity index (χ3v) is 4.99. The molecular weight excluding hydrogens is 381 g/mol. The van der Waals surface area contributed by atoms with E-state index < -0.39 is 12.1 Å². The maximum absolute atomic E-state index is 13.2. The molecule has 1 aliphatic rings. The van der Waals surface area contributed by atoms with Crippen LogP contribution in [-0.4, -0.2) is 17.8 Å². The summed E-state index contributed by atoms with van der Waals surface area (Å²) in [5.74, 6) is 0.246. The highest BCUT2D eigenvalue weighted by atomic mass is 35.5. The molecule has 134 valence electrons. The van der Waals surface area contributed by atoms with Crippen LogP contribution >= 0.6 is 23.2 Å². The number of Topliss-reactive ketones (excluding diaryl/α,β-unsaturated/α-hetero) is 1. The van der Waals surface area contributed by atoms with Crippen LogP contribution in [0.5, 0.6) is 0 Å². The fourth-order valence-corrected chi connectivity index (χ4v) is 3.41. The summed E-state index contributed by atoms with van der Waals surface area (Å²) in [6.07, 6.45) is -0.790. The van der Waals surface area contributed by atoms with Gasteiger partial charge in [-0.3, -0.25) is 4.79 Å². The number of benzene rings is 3. The summed E-state index contributed by atoms with van der Waals surface area (Å²) >= 11 is 12.2. The van der Waals surface area contributed by atoms with Crippen LogP contribution in [0.4, 0.5) is 0 Å². The maximum Gasteiger partial charge on any atom is 0.217 e. The Morgan fingerprint density at radius 1 is 0.852 bits per heavy atom. The first-order valence-electron chi connectivity index (χ1n) is 8.47. The van der Waals surface area contributed by atoms with E-state index in [1.165, 1.54) is 0 Å². The van der Waals surface area contributed by atoms with Gasteiger partial charge in [-0.25, -0.2) is 4.99 Å². The smallest absolute Gasteiger partial charge is 0.217 e. The number of carbonyl (C=O) groups excluding carboxylic acids is 1. The summed E-state index contributed by atoms with van der Waals surface area (Å²) in [5, 5.41) is 1.02. The monoisotopic (exact) mass is 395 g/mol. The van der Waals surface area contributed by atoms with Gasteiger partial charge in [-0.2, -0.15) is 0 Å². The van der Waals surface area contributed by atoms with E-state index in [-0.39, 0.29) is 5.78 Å². The lowest BCUT2D eigenvalue weighted by Crippen LogP contribution is -2.27. The first kappa shape index (κ1) is 17.8. The van der Waals surface area contributed by atoms with Crippen molar-refractivity contribution in [2.75, 3.05) is 0 Å². The minimum absolute atomic E-state index is 0.199. The van der Waals surface area contributed by atoms with Crippen LogP contribution in [0.15, 0.2) is 83.9 Å². The van der Waals surface area contributed by atoms with Gasteiger partial charge in [0.15, 0.2) is 6.10 Å². The standard InChI is InChI=1S/C22H15Cl2NO2/c23-16-12-10-14(11-13-16)19-21(20(26)17-8-4-5-9-18(17)24)27-22(25-19)15-6-2-1-3-7-15/h1-13,19,21H/t19-,21+/m1/s1. The quantitative estimate of drug-likeness (QED) is 0.526. The largest absolute Gasteiger partial charge is 0.463 e. The van der Waals surface area contributed by atoms with Crippen molar-refractivity contribution in [2.24, 2.45) is 4.99 Å². The normalized spacial score (nSPS) is 18.7. The number of ketones is 1. The molecule has 3 nitrogen and oxygen atoms in total. The second-order valence-electron chi connectivity index (χ2n) is 6.18. The molecule has 0 saturated carbocycles. The molecule has 3 aromatic carbocycles. The van der Waals surface area contributed by atoms with E-state index in [0.717, 1.165) is 11.1 Å². The molecule has 1 heterocycles. The van der Waals surface area contributed by atoms with Crippen molar-refractivity contribution in [3.05, 3.63) is 106 Å². The number of hydrogen-bond acceptors (Lipinski definition) is 3. The van der Waals surface area contributed by atoms with Crippen LogP contribution in [0.2, 0.25) is 10.0 Å². The zero-order valence-corrected chi connectivity index (χ0v) is 15.7. The van der Waals surface area contributed by atoms with E-state index >= 15 is 0 Å². The lowest BCUT2D eigenvalue weighted by Gasteiger charge is -2.17. The summed E-state index contributed by atoms with van der Waals surface area (Å²) in [6.45, 7) is 0. The Bertz CT molecular complexity index is 1000. The third-order valence-electron chi connectivity index (χ3n) is 4.41. The number of nitrogens with zero attached hydrogens (tertiary/aromatic N) is 1. The van der Waals surface area contributed by atoms with E-state index in [4.69, 9.17) is 32.9 Å². The molecule has 0 unspecified atom stereocenters.